The average molecular weight is 363 g/mol. The van der Waals surface area contributed by atoms with Crippen LogP contribution in [0.25, 0.3) is 10.8 Å². The molecule has 0 radical (unpaired) electrons. The van der Waals surface area contributed by atoms with Crippen molar-refractivity contribution >= 4 is 22.3 Å². The highest BCUT2D eigenvalue weighted by atomic mass is 16.6. The van der Waals surface area contributed by atoms with Gasteiger partial charge in [-0.15, -0.1) is 0 Å². The summed E-state index contributed by atoms with van der Waals surface area (Å²) >= 11 is 0. The van der Waals surface area contributed by atoms with Crippen LogP contribution in [0.3, 0.4) is 0 Å². The number of non-ortho nitro benzene ring substituents is 1. The first-order chi connectivity index (χ1) is 13.1. The van der Waals surface area contributed by atoms with Gasteiger partial charge in [0, 0.05) is 68.3 Å². The smallest absolute Gasteiger partial charge is 0.270 e. The molecule has 3 aromatic rings. The molecule has 1 fully saturated rings. The fourth-order valence-corrected chi connectivity index (χ4v) is 3.67. The van der Waals surface area contributed by atoms with E-state index in [1.165, 1.54) is 5.56 Å². The fraction of sp³-hybridized carbons (Fsp3) is 0.300. The van der Waals surface area contributed by atoms with Gasteiger partial charge in [0.15, 0.2) is 0 Å². The Morgan fingerprint density at radius 3 is 2.63 bits per heavy atom. The summed E-state index contributed by atoms with van der Waals surface area (Å²) in [6.45, 7) is 5.81. The molecule has 1 aliphatic heterocycles. The van der Waals surface area contributed by atoms with Crippen LogP contribution in [0.1, 0.15) is 18.5 Å². The van der Waals surface area contributed by atoms with E-state index in [0.717, 1.165) is 42.8 Å². The summed E-state index contributed by atoms with van der Waals surface area (Å²) in [6.07, 6.45) is 5.45. The maximum absolute atomic E-state index is 11.0. The fourth-order valence-electron chi connectivity index (χ4n) is 3.67. The van der Waals surface area contributed by atoms with Crippen molar-refractivity contribution in [2.24, 2.45) is 0 Å². The standard InChI is InChI=1S/C20H21N5O2/c1-15(17-3-2-7-21-14-17)23-9-11-24(12-10-23)20-19-5-4-18(25(26)27)13-16(19)6-8-22-20/h2-8,13-15H,9-12H2,1H3. The summed E-state index contributed by atoms with van der Waals surface area (Å²) in [5, 5.41) is 12.8. The summed E-state index contributed by atoms with van der Waals surface area (Å²) in [6, 6.07) is 11.2. The highest BCUT2D eigenvalue weighted by Gasteiger charge is 2.24. The lowest BCUT2D eigenvalue weighted by molar-refractivity contribution is -0.384. The Balaban J connectivity index is 1.52. The van der Waals surface area contributed by atoms with E-state index in [9.17, 15) is 10.1 Å². The van der Waals surface area contributed by atoms with Crippen molar-refractivity contribution in [2.45, 2.75) is 13.0 Å². The summed E-state index contributed by atoms with van der Waals surface area (Å²) in [5.74, 6) is 0.899. The third-order valence-corrected chi connectivity index (χ3v) is 5.27. The maximum atomic E-state index is 11.0. The topological polar surface area (TPSA) is 75.4 Å². The Labute approximate surface area is 157 Å². The number of hydrogen-bond donors (Lipinski definition) is 0. The highest BCUT2D eigenvalue weighted by Crippen LogP contribution is 2.29. The van der Waals surface area contributed by atoms with Gasteiger partial charge in [-0.1, -0.05) is 6.07 Å². The normalized spacial score (nSPS) is 16.4. The number of nitrogens with zero attached hydrogens (tertiary/aromatic N) is 5. The Kier molecular flexibility index (Phi) is 4.68. The van der Waals surface area contributed by atoms with Crippen molar-refractivity contribution in [3.63, 3.8) is 0 Å². The zero-order valence-corrected chi connectivity index (χ0v) is 15.2. The van der Waals surface area contributed by atoms with Crippen molar-refractivity contribution in [1.29, 1.82) is 0 Å². The minimum atomic E-state index is -0.363. The van der Waals surface area contributed by atoms with E-state index < -0.39 is 0 Å². The van der Waals surface area contributed by atoms with E-state index in [-0.39, 0.29) is 10.6 Å². The number of anilines is 1. The number of fused-ring (bicyclic) bond motifs is 1. The van der Waals surface area contributed by atoms with Gasteiger partial charge in [0.25, 0.3) is 5.69 Å². The monoisotopic (exact) mass is 363 g/mol. The number of nitro groups is 1. The largest absolute Gasteiger partial charge is 0.354 e. The molecule has 0 N–H and O–H groups in total. The summed E-state index contributed by atoms with van der Waals surface area (Å²) in [4.78, 5) is 24.1. The van der Waals surface area contributed by atoms with Crippen molar-refractivity contribution in [1.82, 2.24) is 14.9 Å². The van der Waals surface area contributed by atoms with Gasteiger partial charge in [0.05, 0.1) is 4.92 Å². The molecule has 1 aliphatic rings. The molecule has 3 heterocycles. The summed E-state index contributed by atoms with van der Waals surface area (Å²) < 4.78 is 0. The zero-order valence-electron chi connectivity index (χ0n) is 15.2. The summed E-state index contributed by atoms with van der Waals surface area (Å²) in [5.41, 5.74) is 1.33. The van der Waals surface area contributed by atoms with Crippen LogP contribution in [0.15, 0.2) is 55.0 Å². The Morgan fingerprint density at radius 1 is 1.11 bits per heavy atom. The molecule has 1 unspecified atom stereocenters. The first-order valence-electron chi connectivity index (χ1n) is 9.05. The second kappa shape index (κ2) is 7.28. The molecule has 7 heteroatoms. The number of benzene rings is 1. The molecule has 27 heavy (non-hydrogen) atoms. The predicted molar refractivity (Wildman–Crippen MR) is 105 cm³/mol. The van der Waals surface area contributed by atoms with E-state index in [0.29, 0.717) is 6.04 Å². The molecule has 0 aliphatic carbocycles. The Bertz CT molecular complexity index is 955. The molecule has 1 aromatic carbocycles. The molecule has 1 saturated heterocycles. The number of aromatic nitrogens is 2. The third-order valence-electron chi connectivity index (χ3n) is 5.27. The van der Waals surface area contributed by atoms with Crippen LogP contribution in [-0.2, 0) is 0 Å². The van der Waals surface area contributed by atoms with Crippen LogP contribution >= 0.6 is 0 Å². The van der Waals surface area contributed by atoms with Crippen LogP contribution in [0.5, 0.6) is 0 Å². The molecule has 0 bridgehead atoms. The lowest BCUT2D eigenvalue weighted by Gasteiger charge is -2.39. The minimum absolute atomic E-state index is 0.106. The van der Waals surface area contributed by atoms with Crippen molar-refractivity contribution in [3.8, 4) is 0 Å². The van der Waals surface area contributed by atoms with Gasteiger partial charge >= 0.3 is 0 Å². The molecular weight excluding hydrogens is 342 g/mol. The Hall–Kier alpha value is -3.06. The molecule has 1 atom stereocenters. The van der Waals surface area contributed by atoms with E-state index in [2.05, 4.69) is 32.8 Å². The van der Waals surface area contributed by atoms with Gasteiger partial charge in [-0.25, -0.2) is 4.98 Å². The number of rotatable bonds is 4. The third kappa shape index (κ3) is 3.46. The van der Waals surface area contributed by atoms with Crippen LogP contribution < -0.4 is 4.90 Å². The molecule has 7 nitrogen and oxygen atoms in total. The van der Waals surface area contributed by atoms with Crippen molar-refractivity contribution in [3.05, 3.63) is 70.7 Å². The predicted octanol–water partition coefficient (Wildman–Crippen LogP) is 3.42. The molecule has 138 valence electrons. The first-order valence-corrected chi connectivity index (χ1v) is 9.05. The van der Waals surface area contributed by atoms with Gasteiger partial charge in [0.1, 0.15) is 5.82 Å². The lowest BCUT2D eigenvalue weighted by Crippen LogP contribution is -2.47. The number of hydrogen-bond acceptors (Lipinski definition) is 6. The number of nitro benzene ring substituents is 1. The van der Waals surface area contributed by atoms with Gasteiger partial charge in [-0.05, 0) is 36.1 Å². The summed E-state index contributed by atoms with van der Waals surface area (Å²) in [7, 11) is 0. The number of piperazine rings is 1. The molecule has 4 rings (SSSR count). The highest BCUT2D eigenvalue weighted by molar-refractivity contribution is 5.93. The molecular formula is C20H21N5O2. The minimum Gasteiger partial charge on any atom is -0.354 e. The van der Waals surface area contributed by atoms with Crippen LogP contribution in [-0.4, -0.2) is 46.0 Å². The maximum Gasteiger partial charge on any atom is 0.270 e. The zero-order chi connectivity index (χ0) is 18.8. The van der Waals surface area contributed by atoms with E-state index in [1.807, 2.05) is 18.3 Å². The second-order valence-electron chi connectivity index (χ2n) is 6.78. The van der Waals surface area contributed by atoms with Gasteiger partial charge in [-0.2, -0.15) is 0 Å². The van der Waals surface area contributed by atoms with E-state index in [4.69, 9.17) is 0 Å². The quantitative estimate of drug-likeness (QED) is 0.522. The molecule has 0 saturated carbocycles. The van der Waals surface area contributed by atoms with Crippen LogP contribution in [0, 0.1) is 10.1 Å². The molecule has 2 aromatic heterocycles. The Morgan fingerprint density at radius 2 is 1.93 bits per heavy atom. The van der Waals surface area contributed by atoms with Gasteiger partial charge < -0.3 is 4.90 Å². The molecule has 0 amide bonds. The van der Waals surface area contributed by atoms with Crippen LogP contribution in [0.4, 0.5) is 11.5 Å². The lowest BCUT2D eigenvalue weighted by atomic mass is 10.1. The van der Waals surface area contributed by atoms with Crippen molar-refractivity contribution in [2.75, 3.05) is 31.1 Å². The SMILES string of the molecule is CC(c1cccnc1)N1CCN(c2nccc3cc([N+](=O)[O-])ccc23)CC1. The molecule has 0 spiro atoms. The van der Waals surface area contributed by atoms with E-state index in [1.54, 1.807) is 30.6 Å². The first kappa shape index (κ1) is 17.4. The van der Waals surface area contributed by atoms with Crippen LogP contribution in [0.2, 0.25) is 0 Å². The number of pyridine rings is 2. The second-order valence-corrected chi connectivity index (χ2v) is 6.78. The van der Waals surface area contributed by atoms with Crippen molar-refractivity contribution < 1.29 is 4.92 Å². The van der Waals surface area contributed by atoms with Gasteiger partial charge in [0.2, 0.25) is 0 Å². The van der Waals surface area contributed by atoms with E-state index >= 15 is 0 Å². The average Bonchev–Trinajstić information content (AvgIpc) is 2.73. The van der Waals surface area contributed by atoms with Gasteiger partial charge in [-0.3, -0.25) is 20.0 Å².